The highest BCUT2D eigenvalue weighted by Crippen LogP contribution is 2.26. The lowest BCUT2D eigenvalue weighted by atomic mass is 9.87. The van der Waals surface area contributed by atoms with Crippen LogP contribution in [0.5, 0.6) is 0 Å². The van der Waals surface area contributed by atoms with E-state index in [1.807, 2.05) is 13.8 Å². The molecule has 0 atom stereocenters. The van der Waals surface area contributed by atoms with Gasteiger partial charge in [0.1, 0.15) is 4.90 Å². The monoisotopic (exact) mass is 331 g/mol. The molecule has 1 rings (SSSR count). The molecule has 0 spiro atoms. The second-order valence-electron chi connectivity index (χ2n) is 7.33. The zero-order chi connectivity index (χ0) is 16.3. The fourth-order valence-electron chi connectivity index (χ4n) is 2.19. The Hall–Kier alpha value is -0.580. The van der Waals surface area contributed by atoms with Crippen LogP contribution in [0.15, 0.2) is 29.2 Å². The Morgan fingerprint density at radius 3 is 2.14 bits per heavy atom. The highest BCUT2D eigenvalue weighted by molar-refractivity contribution is 7.89. The first-order chi connectivity index (χ1) is 9.43. The molecular weight excluding hydrogens is 306 g/mol. The van der Waals surface area contributed by atoms with E-state index in [1.165, 1.54) is 6.07 Å². The van der Waals surface area contributed by atoms with Crippen molar-refractivity contribution in [3.05, 3.63) is 29.3 Å². The van der Waals surface area contributed by atoms with Crippen molar-refractivity contribution in [2.45, 2.75) is 64.3 Å². The van der Waals surface area contributed by atoms with Gasteiger partial charge in [0.2, 0.25) is 10.0 Å². The molecule has 1 aromatic rings. The molecule has 0 aliphatic carbocycles. The minimum atomic E-state index is -3.60. The van der Waals surface area contributed by atoms with E-state index in [-0.39, 0.29) is 15.3 Å². The summed E-state index contributed by atoms with van der Waals surface area (Å²) < 4.78 is 27.6. The summed E-state index contributed by atoms with van der Waals surface area (Å²) in [5.41, 5.74) is -0.235. The summed E-state index contributed by atoms with van der Waals surface area (Å²) in [7, 11) is -3.60. The topological polar surface area (TPSA) is 46.2 Å². The molecule has 0 aromatic heterocycles. The second-order valence-corrected chi connectivity index (χ2v) is 9.39. The molecule has 0 radical (unpaired) electrons. The molecule has 0 amide bonds. The lowest BCUT2D eigenvalue weighted by molar-refractivity contribution is 0.324. The molecule has 3 nitrogen and oxygen atoms in total. The largest absolute Gasteiger partial charge is 0.242 e. The molecule has 120 valence electrons. The first-order valence-corrected chi connectivity index (χ1v) is 9.08. The maximum Gasteiger partial charge on any atom is 0.242 e. The van der Waals surface area contributed by atoms with Crippen molar-refractivity contribution < 1.29 is 8.42 Å². The molecule has 0 bridgehead atoms. The Morgan fingerprint density at radius 2 is 1.62 bits per heavy atom. The van der Waals surface area contributed by atoms with Gasteiger partial charge in [-0.3, -0.25) is 0 Å². The average Bonchev–Trinajstić information content (AvgIpc) is 2.25. The Labute approximate surface area is 134 Å². The van der Waals surface area contributed by atoms with Crippen molar-refractivity contribution in [1.29, 1.82) is 0 Å². The van der Waals surface area contributed by atoms with Crippen LogP contribution in [0.2, 0.25) is 5.02 Å². The molecule has 0 fully saturated rings. The van der Waals surface area contributed by atoms with E-state index in [0.29, 0.717) is 0 Å². The van der Waals surface area contributed by atoms with E-state index in [9.17, 15) is 8.42 Å². The highest BCUT2D eigenvalue weighted by atomic mass is 35.5. The van der Waals surface area contributed by atoms with Crippen LogP contribution in [0.1, 0.15) is 53.9 Å². The molecule has 0 saturated heterocycles. The first-order valence-electron chi connectivity index (χ1n) is 7.22. The SMILES string of the molecule is CC(C)(C)CCCC(C)(C)NS(=O)(=O)c1ccccc1Cl. The van der Waals surface area contributed by atoms with Crippen LogP contribution >= 0.6 is 11.6 Å². The molecule has 0 aliphatic rings. The van der Waals surface area contributed by atoms with Gasteiger partial charge in [0.05, 0.1) is 5.02 Å². The van der Waals surface area contributed by atoms with Crippen molar-refractivity contribution in [3.8, 4) is 0 Å². The van der Waals surface area contributed by atoms with Gasteiger partial charge in [0, 0.05) is 5.54 Å². The third-order valence-electron chi connectivity index (χ3n) is 3.27. The summed E-state index contributed by atoms with van der Waals surface area (Å²) in [5.74, 6) is 0. The van der Waals surface area contributed by atoms with Crippen LogP contribution in [0.4, 0.5) is 0 Å². The standard InChI is InChI=1S/C16H26ClNO2S/c1-15(2,3)11-8-12-16(4,5)18-21(19,20)14-10-7-6-9-13(14)17/h6-7,9-10,18H,8,11-12H2,1-5H3. The van der Waals surface area contributed by atoms with Crippen molar-refractivity contribution >= 4 is 21.6 Å². The number of rotatable bonds is 6. The second kappa shape index (κ2) is 6.67. The fourth-order valence-corrected chi connectivity index (χ4v) is 4.16. The quantitative estimate of drug-likeness (QED) is 0.827. The zero-order valence-corrected chi connectivity index (χ0v) is 15.1. The van der Waals surface area contributed by atoms with Crippen molar-refractivity contribution in [1.82, 2.24) is 4.72 Å². The highest BCUT2D eigenvalue weighted by Gasteiger charge is 2.27. The van der Waals surface area contributed by atoms with E-state index < -0.39 is 15.6 Å². The number of sulfonamides is 1. The zero-order valence-electron chi connectivity index (χ0n) is 13.5. The maximum absolute atomic E-state index is 12.4. The molecule has 1 aromatic carbocycles. The normalized spacial score (nSPS) is 13.4. The summed E-state index contributed by atoms with van der Waals surface area (Å²) >= 11 is 5.98. The summed E-state index contributed by atoms with van der Waals surface area (Å²) in [6, 6.07) is 6.50. The van der Waals surface area contributed by atoms with Gasteiger partial charge in [-0.25, -0.2) is 13.1 Å². The van der Waals surface area contributed by atoms with Gasteiger partial charge in [0.25, 0.3) is 0 Å². The minimum Gasteiger partial charge on any atom is -0.207 e. The van der Waals surface area contributed by atoms with Crippen LogP contribution in [0.3, 0.4) is 0 Å². The molecule has 0 aliphatic heterocycles. The molecule has 0 unspecified atom stereocenters. The smallest absolute Gasteiger partial charge is 0.207 e. The predicted octanol–water partition coefficient (Wildman–Crippen LogP) is 4.61. The van der Waals surface area contributed by atoms with Gasteiger partial charge in [0.15, 0.2) is 0 Å². The summed E-state index contributed by atoms with van der Waals surface area (Å²) in [6.45, 7) is 10.4. The molecule has 0 heterocycles. The van der Waals surface area contributed by atoms with Crippen LogP contribution in [0, 0.1) is 5.41 Å². The Bertz CT molecular complexity index is 574. The predicted molar refractivity (Wildman–Crippen MR) is 89.2 cm³/mol. The van der Waals surface area contributed by atoms with Crippen molar-refractivity contribution in [2.24, 2.45) is 5.41 Å². The lowest BCUT2D eigenvalue weighted by Gasteiger charge is -2.28. The van der Waals surface area contributed by atoms with E-state index in [4.69, 9.17) is 11.6 Å². The number of hydrogen-bond acceptors (Lipinski definition) is 2. The van der Waals surface area contributed by atoms with Gasteiger partial charge < -0.3 is 0 Å². The summed E-state index contributed by atoms with van der Waals surface area (Å²) in [5, 5.41) is 0.246. The first kappa shape index (κ1) is 18.5. The number of benzene rings is 1. The molecule has 21 heavy (non-hydrogen) atoms. The molecular formula is C16H26ClNO2S. The number of hydrogen-bond donors (Lipinski definition) is 1. The lowest BCUT2D eigenvalue weighted by Crippen LogP contribution is -2.43. The van der Waals surface area contributed by atoms with Crippen LogP contribution in [0.25, 0.3) is 0 Å². The van der Waals surface area contributed by atoms with Crippen molar-refractivity contribution in [2.75, 3.05) is 0 Å². The third-order valence-corrected chi connectivity index (χ3v) is 5.46. The summed E-state index contributed by atoms with van der Waals surface area (Å²) in [4.78, 5) is 0.135. The Balaban J connectivity index is 2.76. The van der Waals surface area contributed by atoms with Crippen LogP contribution in [-0.2, 0) is 10.0 Å². The van der Waals surface area contributed by atoms with E-state index in [2.05, 4.69) is 25.5 Å². The molecule has 1 N–H and O–H groups in total. The van der Waals surface area contributed by atoms with E-state index in [1.54, 1.807) is 18.2 Å². The Morgan fingerprint density at radius 1 is 1.05 bits per heavy atom. The van der Waals surface area contributed by atoms with E-state index >= 15 is 0 Å². The molecule has 5 heteroatoms. The maximum atomic E-state index is 12.4. The van der Waals surface area contributed by atoms with Gasteiger partial charge in [-0.2, -0.15) is 0 Å². The summed E-state index contributed by atoms with van der Waals surface area (Å²) in [6.07, 6.45) is 2.82. The number of halogens is 1. The number of nitrogens with one attached hydrogen (secondary N) is 1. The molecule has 0 saturated carbocycles. The third kappa shape index (κ3) is 6.37. The van der Waals surface area contributed by atoms with E-state index in [0.717, 1.165) is 19.3 Å². The fraction of sp³-hybridized carbons (Fsp3) is 0.625. The van der Waals surface area contributed by atoms with Gasteiger partial charge in [-0.15, -0.1) is 0 Å². The van der Waals surface area contributed by atoms with Gasteiger partial charge in [-0.05, 0) is 44.2 Å². The van der Waals surface area contributed by atoms with Crippen molar-refractivity contribution in [3.63, 3.8) is 0 Å². The Kier molecular flexibility index (Phi) is 5.87. The van der Waals surface area contributed by atoms with Crippen LogP contribution in [-0.4, -0.2) is 14.0 Å². The van der Waals surface area contributed by atoms with Gasteiger partial charge >= 0.3 is 0 Å². The minimum absolute atomic E-state index is 0.135. The van der Waals surface area contributed by atoms with Gasteiger partial charge in [-0.1, -0.05) is 50.9 Å². The average molecular weight is 332 g/mol. The van der Waals surface area contributed by atoms with Crippen LogP contribution < -0.4 is 4.72 Å².